The standard InChI is InChI=1S/C17H23N3O5S/c1-6-13(16-10(2)18-20(4)11(16)3)19-26(23,24)15-8-7-12(17(21)22)9-14(15)25-5/h7-9,13,19H,6H2,1-5H3,(H,21,22). The fourth-order valence-electron chi connectivity index (χ4n) is 2.91. The number of hydrogen-bond donors (Lipinski definition) is 2. The molecule has 26 heavy (non-hydrogen) atoms. The molecule has 0 bridgehead atoms. The fourth-order valence-corrected chi connectivity index (χ4v) is 4.35. The first-order valence-electron chi connectivity index (χ1n) is 8.06. The van der Waals surface area contributed by atoms with Crippen molar-refractivity contribution in [3.63, 3.8) is 0 Å². The van der Waals surface area contributed by atoms with Crippen LogP contribution in [-0.2, 0) is 17.1 Å². The summed E-state index contributed by atoms with van der Waals surface area (Å²) < 4.78 is 35.3. The van der Waals surface area contributed by atoms with E-state index >= 15 is 0 Å². The van der Waals surface area contributed by atoms with Crippen LogP contribution in [0.15, 0.2) is 23.1 Å². The lowest BCUT2D eigenvalue weighted by molar-refractivity contribution is 0.0696. The van der Waals surface area contributed by atoms with Gasteiger partial charge in [-0.3, -0.25) is 4.68 Å². The highest BCUT2D eigenvalue weighted by atomic mass is 32.2. The molecule has 0 saturated carbocycles. The van der Waals surface area contributed by atoms with Crippen LogP contribution < -0.4 is 9.46 Å². The summed E-state index contributed by atoms with van der Waals surface area (Å²) in [6.07, 6.45) is 0.530. The molecule has 0 spiro atoms. The van der Waals surface area contributed by atoms with Gasteiger partial charge in [-0.2, -0.15) is 5.10 Å². The van der Waals surface area contributed by atoms with Crippen molar-refractivity contribution < 1.29 is 23.1 Å². The van der Waals surface area contributed by atoms with Gasteiger partial charge in [-0.1, -0.05) is 6.92 Å². The largest absolute Gasteiger partial charge is 0.495 e. The van der Waals surface area contributed by atoms with Crippen molar-refractivity contribution in [3.05, 3.63) is 40.7 Å². The number of aromatic nitrogens is 2. The maximum atomic E-state index is 12.9. The molecule has 0 saturated heterocycles. The minimum atomic E-state index is -3.93. The summed E-state index contributed by atoms with van der Waals surface area (Å²) in [6.45, 7) is 5.60. The van der Waals surface area contributed by atoms with E-state index in [1.165, 1.54) is 25.3 Å². The average Bonchev–Trinajstić information content (AvgIpc) is 2.84. The molecule has 2 aromatic rings. The monoisotopic (exact) mass is 381 g/mol. The molecular weight excluding hydrogens is 358 g/mol. The van der Waals surface area contributed by atoms with Crippen molar-refractivity contribution in [3.8, 4) is 5.75 Å². The van der Waals surface area contributed by atoms with Gasteiger partial charge in [-0.25, -0.2) is 17.9 Å². The maximum absolute atomic E-state index is 12.9. The second kappa shape index (κ2) is 7.46. The number of carboxylic acid groups (broad SMARTS) is 1. The van der Waals surface area contributed by atoms with E-state index in [-0.39, 0.29) is 16.2 Å². The van der Waals surface area contributed by atoms with Gasteiger partial charge in [-0.05, 0) is 38.5 Å². The quantitative estimate of drug-likeness (QED) is 0.760. The number of carboxylic acids is 1. The van der Waals surface area contributed by atoms with Crippen LogP contribution in [0, 0.1) is 13.8 Å². The predicted molar refractivity (Wildman–Crippen MR) is 96.0 cm³/mol. The second-order valence-electron chi connectivity index (χ2n) is 5.96. The Kier molecular flexibility index (Phi) is 5.72. The number of methoxy groups -OCH3 is 1. The first-order valence-corrected chi connectivity index (χ1v) is 9.54. The number of aryl methyl sites for hydroxylation is 2. The molecule has 1 aromatic carbocycles. The number of carbonyl (C=O) groups is 1. The molecule has 9 heteroatoms. The van der Waals surface area contributed by atoms with Crippen LogP contribution >= 0.6 is 0 Å². The third-order valence-corrected chi connectivity index (χ3v) is 5.83. The molecule has 142 valence electrons. The van der Waals surface area contributed by atoms with Crippen LogP contribution in [0.1, 0.15) is 46.7 Å². The van der Waals surface area contributed by atoms with Crippen LogP contribution in [-0.4, -0.2) is 36.4 Å². The summed E-state index contributed by atoms with van der Waals surface area (Å²) in [6, 6.07) is 3.21. The average molecular weight is 381 g/mol. The molecule has 1 heterocycles. The normalized spacial score (nSPS) is 12.8. The Morgan fingerprint density at radius 3 is 2.50 bits per heavy atom. The highest BCUT2D eigenvalue weighted by molar-refractivity contribution is 7.89. The van der Waals surface area contributed by atoms with Gasteiger partial charge in [0.2, 0.25) is 10.0 Å². The molecule has 1 unspecified atom stereocenters. The Morgan fingerprint density at radius 1 is 1.38 bits per heavy atom. The van der Waals surface area contributed by atoms with Crippen molar-refractivity contribution in [1.29, 1.82) is 0 Å². The molecular formula is C17H23N3O5S. The molecule has 2 N–H and O–H groups in total. The topological polar surface area (TPSA) is 111 Å². The van der Waals surface area contributed by atoms with E-state index in [2.05, 4.69) is 9.82 Å². The molecule has 0 aliphatic heterocycles. The van der Waals surface area contributed by atoms with E-state index in [9.17, 15) is 13.2 Å². The fraction of sp³-hybridized carbons (Fsp3) is 0.412. The molecule has 0 amide bonds. The highest BCUT2D eigenvalue weighted by Crippen LogP contribution is 2.29. The molecule has 0 radical (unpaired) electrons. The number of ether oxygens (including phenoxy) is 1. The van der Waals surface area contributed by atoms with E-state index in [1.54, 1.807) is 11.7 Å². The van der Waals surface area contributed by atoms with Crippen molar-refractivity contribution in [1.82, 2.24) is 14.5 Å². The van der Waals surface area contributed by atoms with Crippen molar-refractivity contribution in [2.24, 2.45) is 7.05 Å². The minimum absolute atomic E-state index is 0.0214. The smallest absolute Gasteiger partial charge is 0.335 e. The number of sulfonamides is 1. The van der Waals surface area contributed by atoms with Crippen LogP contribution in [0.5, 0.6) is 5.75 Å². The third kappa shape index (κ3) is 3.73. The van der Waals surface area contributed by atoms with Crippen molar-refractivity contribution >= 4 is 16.0 Å². The predicted octanol–water partition coefficient (Wildman–Crippen LogP) is 2.17. The van der Waals surface area contributed by atoms with E-state index in [1.807, 2.05) is 20.8 Å². The molecule has 1 atom stereocenters. The Hall–Kier alpha value is -2.39. The molecule has 0 fully saturated rings. The highest BCUT2D eigenvalue weighted by Gasteiger charge is 2.27. The minimum Gasteiger partial charge on any atom is -0.495 e. The Bertz CT molecular complexity index is 934. The summed E-state index contributed by atoms with van der Waals surface area (Å²) >= 11 is 0. The van der Waals surface area contributed by atoms with Gasteiger partial charge in [0.15, 0.2) is 0 Å². The van der Waals surface area contributed by atoms with Gasteiger partial charge in [0.05, 0.1) is 24.4 Å². The van der Waals surface area contributed by atoms with Crippen LogP contribution in [0.3, 0.4) is 0 Å². The zero-order valence-corrected chi connectivity index (χ0v) is 16.2. The summed E-state index contributed by atoms with van der Waals surface area (Å²) in [5.41, 5.74) is 2.42. The number of nitrogens with zero attached hydrogens (tertiary/aromatic N) is 2. The molecule has 2 rings (SSSR count). The molecule has 0 aliphatic carbocycles. The van der Waals surface area contributed by atoms with Crippen LogP contribution in [0.2, 0.25) is 0 Å². The zero-order valence-electron chi connectivity index (χ0n) is 15.4. The lowest BCUT2D eigenvalue weighted by atomic mass is 10.0. The molecule has 8 nitrogen and oxygen atoms in total. The summed E-state index contributed by atoms with van der Waals surface area (Å²) in [5.74, 6) is -1.18. The van der Waals surface area contributed by atoms with E-state index < -0.39 is 22.0 Å². The van der Waals surface area contributed by atoms with E-state index in [0.717, 1.165) is 17.0 Å². The zero-order chi connectivity index (χ0) is 19.6. The number of nitrogens with one attached hydrogen (secondary N) is 1. The summed E-state index contributed by atoms with van der Waals surface area (Å²) in [4.78, 5) is 11.0. The van der Waals surface area contributed by atoms with Crippen LogP contribution in [0.4, 0.5) is 0 Å². The lowest BCUT2D eigenvalue weighted by Crippen LogP contribution is -2.29. The van der Waals surface area contributed by atoms with Gasteiger partial charge in [-0.15, -0.1) is 0 Å². The summed E-state index contributed by atoms with van der Waals surface area (Å²) in [7, 11) is -0.830. The van der Waals surface area contributed by atoms with Crippen LogP contribution in [0.25, 0.3) is 0 Å². The molecule has 1 aromatic heterocycles. The third-order valence-electron chi connectivity index (χ3n) is 4.32. The lowest BCUT2D eigenvalue weighted by Gasteiger charge is -2.19. The summed E-state index contributed by atoms with van der Waals surface area (Å²) in [5, 5.41) is 13.4. The van der Waals surface area contributed by atoms with Crippen molar-refractivity contribution in [2.45, 2.75) is 38.1 Å². The maximum Gasteiger partial charge on any atom is 0.335 e. The Labute approximate surface area is 152 Å². The van der Waals surface area contributed by atoms with E-state index in [0.29, 0.717) is 6.42 Å². The van der Waals surface area contributed by atoms with Gasteiger partial charge in [0.1, 0.15) is 10.6 Å². The number of aromatic carboxylic acids is 1. The van der Waals surface area contributed by atoms with Gasteiger partial charge in [0.25, 0.3) is 0 Å². The Morgan fingerprint density at radius 2 is 2.04 bits per heavy atom. The molecule has 0 aliphatic rings. The number of rotatable bonds is 7. The first kappa shape index (κ1) is 19.9. The van der Waals surface area contributed by atoms with Gasteiger partial charge < -0.3 is 9.84 Å². The van der Waals surface area contributed by atoms with Gasteiger partial charge >= 0.3 is 5.97 Å². The van der Waals surface area contributed by atoms with Crippen molar-refractivity contribution in [2.75, 3.05) is 7.11 Å². The second-order valence-corrected chi connectivity index (χ2v) is 7.64. The SMILES string of the molecule is CCC(NS(=O)(=O)c1ccc(C(=O)O)cc1OC)c1c(C)nn(C)c1C. The first-order chi connectivity index (χ1) is 12.1. The number of benzene rings is 1. The van der Waals surface area contributed by atoms with Gasteiger partial charge in [0, 0.05) is 18.3 Å². The van der Waals surface area contributed by atoms with E-state index in [4.69, 9.17) is 9.84 Å². The Balaban J connectivity index is 2.45. The number of hydrogen-bond acceptors (Lipinski definition) is 5.